The number of amides is 1. The third kappa shape index (κ3) is 7.82. The summed E-state index contributed by atoms with van der Waals surface area (Å²) >= 11 is 0. The second-order valence-electron chi connectivity index (χ2n) is 9.91. The second kappa shape index (κ2) is 13.4. The van der Waals surface area contributed by atoms with Gasteiger partial charge in [-0.3, -0.25) is 9.59 Å². The quantitative estimate of drug-likeness (QED) is 0.168. The van der Waals surface area contributed by atoms with Gasteiger partial charge in [-0.1, -0.05) is 72.8 Å². The molecule has 0 saturated heterocycles. The molecule has 0 radical (unpaired) electrons. The molecule has 0 aliphatic heterocycles. The number of Topliss-reactive ketones (excluding diaryl/α,β-unsaturated/α-hetero) is 1. The maximum Gasteiger partial charge on any atom is 0.349 e. The molecule has 0 saturated carbocycles. The van der Waals surface area contributed by atoms with Gasteiger partial charge in [0.25, 0.3) is 5.91 Å². The first-order chi connectivity index (χ1) is 19.8. The Morgan fingerprint density at radius 2 is 1.27 bits per heavy atom. The number of ether oxygens (including phenoxy) is 3. The minimum absolute atomic E-state index is 0.185. The molecule has 0 bridgehead atoms. The van der Waals surface area contributed by atoms with Crippen molar-refractivity contribution in [2.45, 2.75) is 31.9 Å². The molecule has 0 heterocycles. The van der Waals surface area contributed by atoms with Gasteiger partial charge in [0.1, 0.15) is 11.5 Å². The first-order valence-electron chi connectivity index (χ1n) is 13.3. The summed E-state index contributed by atoms with van der Waals surface area (Å²) in [5, 5.41) is 2.90. The summed E-state index contributed by atoms with van der Waals surface area (Å²) < 4.78 is 16.4. The van der Waals surface area contributed by atoms with E-state index in [1.807, 2.05) is 48.5 Å². The van der Waals surface area contributed by atoms with Crippen LogP contribution in [0.2, 0.25) is 0 Å². The summed E-state index contributed by atoms with van der Waals surface area (Å²) in [6.45, 7) is 3.43. The number of methoxy groups -OCH3 is 1. The predicted octanol–water partition coefficient (Wildman–Crippen LogP) is 6.13. The number of nitrogens with one attached hydrogen (secondary N) is 1. The van der Waals surface area contributed by atoms with E-state index in [0.717, 1.165) is 11.1 Å². The number of carbonyl (C=O) groups is 3. The van der Waals surface area contributed by atoms with Crippen molar-refractivity contribution in [1.82, 2.24) is 5.32 Å². The van der Waals surface area contributed by atoms with Crippen LogP contribution in [0.15, 0.2) is 109 Å². The molecule has 1 amide bonds. The van der Waals surface area contributed by atoms with E-state index in [1.165, 1.54) is 7.11 Å². The van der Waals surface area contributed by atoms with Gasteiger partial charge in [-0.25, -0.2) is 4.79 Å². The number of carbonyl (C=O) groups excluding carboxylic acids is 3. The van der Waals surface area contributed by atoms with E-state index in [1.54, 1.807) is 74.5 Å². The van der Waals surface area contributed by atoms with Gasteiger partial charge in [-0.2, -0.15) is 0 Å². The zero-order valence-electron chi connectivity index (χ0n) is 23.3. The Hall–Kier alpha value is -4.91. The number of rotatable bonds is 12. The van der Waals surface area contributed by atoms with Crippen LogP contribution in [0.4, 0.5) is 0 Å². The summed E-state index contributed by atoms with van der Waals surface area (Å²) in [6, 6.07) is 32.1. The molecule has 210 valence electrons. The molecule has 1 atom stereocenters. The Bertz CT molecular complexity index is 1450. The summed E-state index contributed by atoms with van der Waals surface area (Å²) in [5.74, 6) is 0.0180. The summed E-state index contributed by atoms with van der Waals surface area (Å²) in [7, 11) is 1.31. The van der Waals surface area contributed by atoms with Crippen molar-refractivity contribution >= 4 is 17.7 Å². The molecule has 1 N–H and O–H groups in total. The molecule has 0 aromatic heterocycles. The molecular formula is C34H33NO6. The Labute approximate surface area is 240 Å². The topological polar surface area (TPSA) is 90.9 Å². The van der Waals surface area contributed by atoms with Crippen LogP contribution in [-0.4, -0.2) is 43.0 Å². The van der Waals surface area contributed by atoms with Gasteiger partial charge >= 0.3 is 5.97 Å². The fourth-order valence-corrected chi connectivity index (χ4v) is 4.24. The van der Waals surface area contributed by atoms with Crippen LogP contribution in [0.5, 0.6) is 11.5 Å². The number of hydrogen-bond donors (Lipinski definition) is 1. The standard InChI is InChI=1S/C34H33NO6/c1-34(2,33(38)39-3)41-29-20-18-28(19-21-29)40-23-22-30(31(36)26-12-8-5-9-13-26)35-32(37)27-16-14-25(15-17-27)24-10-6-4-7-11-24/h4-21,30H,22-23H2,1-3H3,(H,35,37). The van der Waals surface area contributed by atoms with Crippen molar-refractivity contribution in [3.8, 4) is 22.6 Å². The predicted molar refractivity (Wildman–Crippen MR) is 157 cm³/mol. The summed E-state index contributed by atoms with van der Waals surface area (Å²) in [4.78, 5) is 38.3. The first-order valence-corrected chi connectivity index (χ1v) is 13.3. The third-order valence-corrected chi connectivity index (χ3v) is 6.48. The van der Waals surface area contributed by atoms with Gasteiger partial charge in [0, 0.05) is 17.5 Å². The lowest BCUT2D eigenvalue weighted by molar-refractivity contribution is -0.156. The van der Waals surface area contributed by atoms with Crippen LogP contribution in [0.25, 0.3) is 11.1 Å². The highest BCUT2D eigenvalue weighted by atomic mass is 16.6. The molecule has 0 aliphatic rings. The third-order valence-electron chi connectivity index (χ3n) is 6.48. The van der Waals surface area contributed by atoms with Crippen LogP contribution in [-0.2, 0) is 9.53 Å². The van der Waals surface area contributed by atoms with Gasteiger partial charge < -0.3 is 19.5 Å². The zero-order chi connectivity index (χ0) is 29.2. The lowest BCUT2D eigenvalue weighted by Gasteiger charge is -2.23. The highest BCUT2D eigenvalue weighted by Crippen LogP contribution is 2.23. The molecule has 4 rings (SSSR count). The van der Waals surface area contributed by atoms with Crippen LogP contribution in [0.3, 0.4) is 0 Å². The fourth-order valence-electron chi connectivity index (χ4n) is 4.24. The average Bonchev–Trinajstić information content (AvgIpc) is 3.01. The van der Waals surface area contributed by atoms with E-state index >= 15 is 0 Å². The molecule has 7 nitrogen and oxygen atoms in total. The van der Waals surface area contributed by atoms with Gasteiger partial charge in [-0.15, -0.1) is 0 Å². The number of ketones is 1. The second-order valence-corrected chi connectivity index (χ2v) is 9.91. The molecule has 41 heavy (non-hydrogen) atoms. The van der Waals surface area contributed by atoms with E-state index in [-0.39, 0.29) is 24.7 Å². The molecule has 7 heteroatoms. The molecule has 1 unspecified atom stereocenters. The van der Waals surface area contributed by atoms with Crippen LogP contribution in [0.1, 0.15) is 41.0 Å². The fraction of sp³-hybridized carbons (Fsp3) is 0.206. The zero-order valence-corrected chi connectivity index (χ0v) is 23.3. The summed E-state index contributed by atoms with van der Waals surface area (Å²) in [5.41, 5.74) is 1.88. The van der Waals surface area contributed by atoms with E-state index in [2.05, 4.69) is 5.32 Å². The minimum atomic E-state index is -1.14. The van der Waals surface area contributed by atoms with Crippen molar-refractivity contribution in [1.29, 1.82) is 0 Å². The van der Waals surface area contributed by atoms with Crippen LogP contribution < -0.4 is 14.8 Å². The largest absolute Gasteiger partial charge is 0.493 e. The Kier molecular flexibility index (Phi) is 9.53. The first kappa shape index (κ1) is 29.1. The molecule has 4 aromatic carbocycles. The highest BCUT2D eigenvalue weighted by molar-refractivity contribution is 6.04. The van der Waals surface area contributed by atoms with Gasteiger partial charge in [0.05, 0.1) is 19.8 Å². The number of esters is 1. The molecule has 0 fully saturated rings. The molecule has 0 aliphatic carbocycles. The number of hydrogen-bond acceptors (Lipinski definition) is 6. The van der Waals surface area contributed by atoms with Crippen LogP contribution >= 0.6 is 0 Å². The van der Waals surface area contributed by atoms with Crippen LogP contribution in [0, 0.1) is 0 Å². The van der Waals surface area contributed by atoms with Crippen molar-refractivity contribution in [3.63, 3.8) is 0 Å². The van der Waals surface area contributed by atoms with E-state index in [4.69, 9.17) is 14.2 Å². The smallest absolute Gasteiger partial charge is 0.349 e. The number of benzene rings is 4. The Morgan fingerprint density at radius 1 is 0.707 bits per heavy atom. The molecule has 4 aromatic rings. The van der Waals surface area contributed by atoms with Crippen molar-refractivity contribution in [3.05, 3.63) is 120 Å². The maximum absolute atomic E-state index is 13.3. The minimum Gasteiger partial charge on any atom is -0.493 e. The van der Waals surface area contributed by atoms with Gasteiger partial charge in [0.2, 0.25) is 0 Å². The SMILES string of the molecule is COC(=O)C(C)(C)Oc1ccc(OCCC(NC(=O)c2ccc(-c3ccccc3)cc2)C(=O)c2ccccc2)cc1. The molecule has 0 spiro atoms. The lowest BCUT2D eigenvalue weighted by atomic mass is 10.0. The van der Waals surface area contributed by atoms with Gasteiger partial charge in [0.15, 0.2) is 11.4 Å². The molecular weight excluding hydrogens is 518 g/mol. The highest BCUT2D eigenvalue weighted by Gasteiger charge is 2.31. The van der Waals surface area contributed by atoms with E-state index in [0.29, 0.717) is 22.6 Å². The average molecular weight is 552 g/mol. The lowest BCUT2D eigenvalue weighted by Crippen LogP contribution is -2.42. The van der Waals surface area contributed by atoms with Crippen molar-refractivity contribution in [2.75, 3.05) is 13.7 Å². The van der Waals surface area contributed by atoms with Gasteiger partial charge in [-0.05, 0) is 61.4 Å². The maximum atomic E-state index is 13.3. The van der Waals surface area contributed by atoms with E-state index in [9.17, 15) is 14.4 Å². The Morgan fingerprint density at radius 3 is 1.88 bits per heavy atom. The normalized spacial score (nSPS) is 11.7. The Balaban J connectivity index is 1.40. The van der Waals surface area contributed by atoms with Crippen molar-refractivity contribution in [2.24, 2.45) is 0 Å². The van der Waals surface area contributed by atoms with E-state index < -0.39 is 17.6 Å². The summed E-state index contributed by atoms with van der Waals surface area (Å²) in [6.07, 6.45) is 0.259. The van der Waals surface area contributed by atoms with Crippen molar-refractivity contribution < 1.29 is 28.6 Å². The monoisotopic (exact) mass is 551 g/mol.